The van der Waals surface area contributed by atoms with Crippen molar-refractivity contribution in [2.45, 2.75) is 0 Å². The van der Waals surface area contributed by atoms with Crippen LogP contribution in [0.15, 0.2) is 12.4 Å². The predicted molar refractivity (Wildman–Crippen MR) is 31.9 cm³/mol. The molecular weight excluding hydrogens is 118 g/mol. The van der Waals surface area contributed by atoms with E-state index in [2.05, 4.69) is 9.97 Å². The molecule has 1 aromatic rings. The second kappa shape index (κ2) is 2.15. The summed E-state index contributed by atoms with van der Waals surface area (Å²) >= 11 is 0. The second-order valence-electron chi connectivity index (χ2n) is 1.45. The van der Waals surface area contributed by atoms with E-state index in [1.54, 1.807) is 6.20 Å². The number of hydrogen-bond donors (Lipinski definition) is 2. The Morgan fingerprint density at radius 1 is 1.89 bits per heavy atom. The molecule has 9 heavy (non-hydrogen) atoms. The summed E-state index contributed by atoms with van der Waals surface area (Å²) in [6.45, 7) is 0. The van der Waals surface area contributed by atoms with Gasteiger partial charge in [0.25, 0.3) is 0 Å². The third kappa shape index (κ3) is 0.978. The van der Waals surface area contributed by atoms with Crippen LogP contribution in [0, 0.1) is 0 Å². The molecule has 0 aromatic carbocycles. The van der Waals surface area contributed by atoms with Crippen molar-refractivity contribution >= 4 is 11.6 Å². The van der Waals surface area contributed by atoms with Crippen LogP contribution in [0.2, 0.25) is 0 Å². The maximum Gasteiger partial charge on any atom is 0.164 e. The molecule has 0 amide bonds. The van der Waals surface area contributed by atoms with E-state index in [1.165, 1.54) is 12.1 Å². The molecule has 0 spiro atoms. The van der Waals surface area contributed by atoms with Crippen LogP contribution in [0.25, 0.3) is 5.70 Å². The van der Waals surface area contributed by atoms with Crippen molar-refractivity contribution in [3.05, 3.63) is 18.2 Å². The Balaban J connectivity index is 3.03. The summed E-state index contributed by atoms with van der Waals surface area (Å²) in [5.74, 6) is 1.88. The normalized spacial score (nSPS) is 8.44. The van der Waals surface area contributed by atoms with Gasteiger partial charge in [-0.05, 0) is 0 Å². The van der Waals surface area contributed by atoms with Crippen molar-refractivity contribution in [2.75, 3.05) is 0 Å². The predicted octanol–water partition coefficient (Wildman–Crippen LogP) is -0.459. The van der Waals surface area contributed by atoms with Crippen molar-refractivity contribution in [3.63, 3.8) is 0 Å². The fourth-order valence-corrected chi connectivity index (χ4v) is 0.461. The number of nitrogens with one attached hydrogen (secondary N) is 1. The number of nitrogens with zero attached hydrogens (tertiary/aromatic N) is 1. The number of rotatable bonds is 1. The van der Waals surface area contributed by atoms with E-state index in [0.717, 1.165) is 0 Å². The minimum Gasteiger partial charge on any atom is -0.387 e. The summed E-state index contributed by atoms with van der Waals surface area (Å²) in [6, 6.07) is 0. The van der Waals surface area contributed by atoms with Gasteiger partial charge in [-0.3, -0.25) is 0 Å². The van der Waals surface area contributed by atoms with E-state index < -0.39 is 0 Å². The fourth-order valence-electron chi connectivity index (χ4n) is 0.461. The summed E-state index contributed by atoms with van der Waals surface area (Å²) in [5.41, 5.74) is 5.14. The Kier molecular flexibility index (Phi) is 1.34. The molecule has 0 fully saturated rings. The summed E-state index contributed by atoms with van der Waals surface area (Å²) in [5, 5.41) is 0. The maximum absolute atomic E-state index is 9.86. The molecule has 0 atom stereocenters. The van der Waals surface area contributed by atoms with Crippen LogP contribution in [0.3, 0.4) is 0 Å². The van der Waals surface area contributed by atoms with Crippen LogP contribution < -0.4 is 5.73 Å². The van der Waals surface area contributed by atoms with E-state index in [9.17, 15) is 4.79 Å². The number of imidazole rings is 1. The van der Waals surface area contributed by atoms with E-state index in [0.29, 0.717) is 5.82 Å². The number of aromatic nitrogens is 2. The van der Waals surface area contributed by atoms with Crippen LogP contribution >= 0.6 is 0 Å². The molecule has 3 N–H and O–H groups in total. The van der Waals surface area contributed by atoms with Crippen molar-refractivity contribution in [1.29, 1.82) is 0 Å². The Bertz CT molecular complexity index is 233. The topological polar surface area (TPSA) is 71.8 Å². The molecular formula is C5H5N3O. The number of nitrogens with two attached hydrogens (primary N) is 1. The summed E-state index contributed by atoms with van der Waals surface area (Å²) in [4.78, 5) is 16.2. The zero-order valence-electron chi connectivity index (χ0n) is 4.59. The van der Waals surface area contributed by atoms with Gasteiger partial charge in [-0.2, -0.15) is 0 Å². The highest BCUT2D eigenvalue weighted by molar-refractivity contribution is 5.82. The quantitative estimate of drug-likeness (QED) is 0.496. The van der Waals surface area contributed by atoms with Crippen molar-refractivity contribution in [2.24, 2.45) is 5.73 Å². The van der Waals surface area contributed by atoms with Gasteiger partial charge in [-0.1, -0.05) is 0 Å². The van der Waals surface area contributed by atoms with E-state index in [4.69, 9.17) is 5.73 Å². The van der Waals surface area contributed by atoms with Crippen LogP contribution in [0.1, 0.15) is 5.82 Å². The van der Waals surface area contributed by atoms with Gasteiger partial charge in [0.05, 0.1) is 0 Å². The minimum absolute atomic E-state index is 0.000000000000000444. The zero-order chi connectivity index (χ0) is 6.69. The molecule has 0 radical (unpaired) electrons. The van der Waals surface area contributed by atoms with Gasteiger partial charge in [-0.15, -0.1) is 0 Å². The molecule has 1 aromatic heterocycles. The monoisotopic (exact) mass is 123 g/mol. The Morgan fingerprint density at radius 2 is 2.67 bits per heavy atom. The second-order valence-corrected chi connectivity index (χ2v) is 1.45. The molecule has 0 unspecified atom stereocenters. The molecule has 0 aliphatic heterocycles. The lowest BCUT2D eigenvalue weighted by Gasteiger charge is -1.84. The van der Waals surface area contributed by atoms with Gasteiger partial charge in [-0.25, -0.2) is 9.78 Å². The van der Waals surface area contributed by atoms with Crippen LogP contribution in [-0.4, -0.2) is 15.9 Å². The molecule has 4 heteroatoms. The fraction of sp³-hybridized carbons (Fsp3) is 0. The Morgan fingerprint density at radius 3 is 3.11 bits per heavy atom. The van der Waals surface area contributed by atoms with Crippen molar-refractivity contribution in [1.82, 2.24) is 9.97 Å². The van der Waals surface area contributed by atoms with E-state index in [1.807, 2.05) is 0 Å². The average molecular weight is 123 g/mol. The lowest BCUT2D eigenvalue weighted by atomic mass is 10.5. The summed E-state index contributed by atoms with van der Waals surface area (Å²) < 4.78 is 0. The highest BCUT2D eigenvalue weighted by atomic mass is 16.1. The molecule has 0 aliphatic carbocycles. The van der Waals surface area contributed by atoms with Gasteiger partial charge < -0.3 is 10.7 Å². The zero-order valence-corrected chi connectivity index (χ0v) is 4.59. The van der Waals surface area contributed by atoms with Gasteiger partial charge in [0.2, 0.25) is 0 Å². The van der Waals surface area contributed by atoms with Gasteiger partial charge in [0, 0.05) is 12.4 Å². The first kappa shape index (κ1) is 5.59. The van der Waals surface area contributed by atoms with Crippen LogP contribution in [-0.2, 0) is 4.79 Å². The van der Waals surface area contributed by atoms with Crippen LogP contribution in [0.5, 0.6) is 0 Å². The Hall–Kier alpha value is -1.54. The first-order valence-electron chi connectivity index (χ1n) is 2.35. The molecule has 0 bridgehead atoms. The lowest BCUT2D eigenvalue weighted by molar-refractivity contribution is 0.569. The molecule has 1 heterocycles. The summed E-state index contributed by atoms with van der Waals surface area (Å²) in [6.07, 6.45) is 3.10. The standard InChI is InChI=1S/C5H5N3O/c6-4(3-9)5-7-1-2-8-5/h1-2H,6H2,(H,7,8). The first-order valence-corrected chi connectivity index (χ1v) is 2.35. The molecule has 0 aliphatic rings. The summed E-state index contributed by atoms with van der Waals surface area (Å²) in [7, 11) is 0. The largest absolute Gasteiger partial charge is 0.387 e. The number of hydrogen-bond acceptors (Lipinski definition) is 3. The third-order valence-electron chi connectivity index (χ3n) is 0.863. The van der Waals surface area contributed by atoms with Crippen molar-refractivity contribution in [3.8, 4) is 0 Å². The van der Waals surface area contributed by atoms with Gasteiger partial charge in [0.15, 0.2) is 17.5 Å². The number of aromatic amines is 1. The van der Waals surface area contributed by atoms with Gasteiger partial charge in [0.1, 0.15) is 0 Å². The number of carbonyl (C=O) groups excluding carboxylic acids is 1. The molecule has 0 saturated carbocycles. The molecule has 4 nitrogen and oxygen atoms in total. The average Bonchev–Trinajstić information content (AvgIpc) is 2.37. The minimum atomic E-state index is 0.000000000000000444. The first-order chi connectivity index (χ1) is 4.34. The molecule has 46 valence electrons. The Labute approximate surface area is 51.4 Å². The number of H-pyrrole nitrogens is 1. The smallest absolute Gasteiger partial charge is 0.164 e. The molecule has 0 saturated heterocycles. The molecule has 1 rings (SSSR count). The maximum atomic E-state index is 9.86. The highest BCUT2D eigenvalue weighted by Crippen LogP contribution is 1.93. The van der Waals surface area contributed by atoms with Gasteiger partial charge >= 0.3 is 0 Å². The van der Waals surface area contributed by atoms with Crippen LogP contribution in [0.4, 0.5) is 0 Å². The third-order valence-corrected chi connectivity index (χ3v) is 0.863. The SMILES string of the molecule is NC(=C=O)c1ncc[nH]1. The highest BCUT2D eigenvalue weighted by Gasteiger charge is 1.95. The van der Waals surface area contributed by atoms with Crippen molar-refractivity contribution < 1.29 is 4.79 Å². The lowest BCUT2D eigenvalue weighted by Crippen LogP contribution is -1.98. The van der Waals surface area contributed by atoms with E-state index in [-0.39, 0.29) is 5.70 Å². The van der Waals surface area contributed by atoms with E-state index >= 15 is 0 Å².